The lowest BCUT2D eigenvalue weighted by Gasteiger charge is -2.28. The van der Waals surface area contributed by atoms with E-state index in [0.29, 0.717) is 5.56 Å². The number of benzene rings is 2. The number of carbonyl (C=O) groups excluding carboxylic acids is 3. The molecule has 12 heteroatoms. The van der Waals surface area contributed by atoms with E-state index < -0.39 is 41.3 Å². The van der Waals surface area contributed by atoms with Crippen molar-refractivity contribution in [3.05, 3.63) is 58.6 Å². The molecule has 2 amide bonds. The van der Waals surface area contributed by atoms with Gasteiger partial charge in [0.2, 0.25) is 5.96 Å². The monoisotopic (exact) mass is 561 g/mol. The number of nitrogens with one attached hydrogen (secondary N) is 2. The van der Waals surface area contributed by atoms with Crippen molar-refractivity contribution < 1.29 is 38.5 Å². The van der Waals surface area contributed by atoms with E-state index in [2.05, 4.69) is 5.32 Å². The number of aryl methyl sites for hydroxylation is 1. The maximum atomic E-state index is 12.9. The molecule has 0 unspecified atom stereocenters. The second kappa shape index (κ2) is 12.6. The molecule has 0 atom stereocenters. The van der Waals surface area contributed by atoms with Crippen LogP contribution in [0.1, 0.15) is 63.9 Å². The van der Waals surface area contributed by atoms with E-state index in [-0.39, 0.29) is 34.9 Å². The predicted molar refractivity (Wildman–Crippen MR) is 145 cm³/mol. The van der Waals surface area contributed by atoms with Crippen molar-refractivity contribution in [1.29, 1.82) is 5.41 Å². The number of ether oxygens (including phenoxy) is 3. The molecule has 0 aromatic heterocycles. The van der Waals surface area contributed by atoms with Gasteiger partial charge in [-0.05, 0) is 89.9 Å². The molecule has 0 saturated carbocycles. The molecule has 0 aliphatic carbocycles. The first kappa shape index (κ1) is 31.1. The van der Waals surface area contributed by atoms with E-state index in [1.165, 1.54) is 36.4 Å². The minimum atomic E-state index is -0.953. The number of halogens is 1. The van der Waals surface area contributed by atoms with Crippen LogP contribution in [0.4, 0.5) is 15.3 Å². The molecular formula is C27H32ClN3O8. The van der Waals surface area contributed by atoms with Crippen LogP contribution in [-0.4, -0.2) is 46.4 Å². The van der Waals surface area contributed by atoms with Crippen molar-refractivity contribution in [3.63, 3.8) is 0 Å². The number of carboxylic acid groups (broad SMARTS) is 1. The van der Waals surface area contributed by atoms with Gasteiger partial charge in [-0.3, -0.25) is 15.5 Å². The summed E-state index contributed by atoms with van der Waals surface area (Å²) in [5.74, 6) is -2.13. The van der Waals surface area contributed by atoms with Crippen molar-refractivity contribution in [3.8, 4) is 5.75 Å². The number of hydrogen-bond donors (Lipinski definition) is 3. The van der Waals surface area contributed by atoms with E-state index in [4.69, 9.17) is 36.3 Å². The maximum Gasteiger partial charge on any atom is 0.421 e. The van der Waals surface area contributed by atoms with Crippen LogP contribution < -0.4 is 15.0 Å². The molecule has 2 aromatic rings. The van der Waals surface area contributed by atoms with Gasteiger partial charge in [-0.2, -0.15) is 0 Å². The van der Waals surface area contributed by atoms with Crippen LogP contribution in [0.5, 0.6) is 5.75 Å². The van der Waals surface area contributed by atoms with Crippen LogP contribution in [-0.2, 0) is 20.7 Å². The highest BCUT2D eigenvalue weighted by atomic mass is 35.5. The fraction of sp³-hybridized carbons (Fsp3) is 0.370. The Morgan fingerprint density at radius 3 is 2.05 bits per heavy atom. The second-order valence-corrected chi connectivity index (χ2v) is 10.8. The van der Waals surface area contributed by atoms with Gasteiger partial charge in [0.25, 0.3) is 0 Å². The zero-order valence-electron chi connectivity index (χ0n) is 22.6. The van der Waals surface area contributed by atoms with E-state index in [0.717, 1.165) is 4.90 Å². The van der Waals surface area contributed by atoms with Crippen molar-refractivity contribution in [2.45, 2.75) is 65.6 Å². The highest BCUT2D eigenvalue weighted by molar-refractivity contribution is 6.31. The van der Waals surface area contributed by atoms with Gasteiger partial charge >= 0.3 is 24.1 Å². The summed E-state index contributed by atoms with van der Waals surface area (Å²) in [5, 5.41) is 19.6. The number of hydrogen-bond acceptors (Lipinski definition) is 8. The quantitative estimate of drug-likeness (QED) is 0.173. The summed E-state index contributed by atoms with van der Waals surface area (Å²) in [7, 11) is 0. The molecule has 0 spiro atoms. The van der Waals surface area contributed by atoms with Gasteiger partial charge < -0.3 is 19.3 Å². The molecule has 210 valence electrons. The molecule has 0 aliphatic rings. The fourth-order valence-electron chi connectivity index (χ4n) is 3.04. The summed E-state index contributed by atoms with van der Waals surface area (Å²) in [6.45, 7) is 9.92. The van der Waals surface area contributed by atoms with Crippen molar-refractivity contribution in [2.24, 2.45) is 0 Å². The van der Waals surface area contributed by atoms with Crippen LogP contribution in [0.2, 0.25) is 5.02 Å². The Hall–Kier alpha value is -4.12. The third-order valence-electron chi connectivity index (χ3n) is 4.62. The van der Waals surface area contributed by atoms with Crippen LogP contribution in [0.25, 0.3) is 0 Å². The lowest BCUT2D eigenvalue weighted by Crippen LogP contribution is -2.49. The molecule has 0 radical (unpaired) electrons. The third-order valence-corrected chi connectivity index (χ3v) is 4.98. The first-order valence-corrected chi connectivity index (χ1v) is 12.3. The SMILES string of the molecule is CC(C)(C)OC(=O)NC(=N)N(C(=O)OC(C)(C)C)c1ccc(C(=O)Oc2ccc(CCC(=O)O)c(Cl)c2)cc1. The molecule has 2 aromatic carbocycles. The summed E-state index contributed by atoms with van der Waals surface area (Å²) in [6, 6.07) is 10.0. The lowest BCUT2D eigenvalue weighted by molar-refractivity contribution is -0.136. The zero-order valence-corrected chi connectivity index (χ0v) is 23.3. The van der Waals surface area contributed by atoms with Crippen LogP contribution in [0.3, 0.4) is 0 Å². The first-order chi connectivity index (χ1) is 17.9. The largest absolute Gasteiger partial charge is 0.481 e. The summed E-state index contributed by atoms with van der Waals surface area (Å²) < 4.78 is 15.9. The Morgan fingerprint density at radius 2 is 1.54 bits per heavy atom. The lowest BCUT2D eigenvalue weighted by atomic mass is 10.1. The number of carboxylic acids is 1. The van der Waals surface area contributed by atoms with Gasteiger partial charge in [0.15, 0.2) is 0 Å². The number of anilines is 1. The van der Waals surface area contributed by atoms with Gasteiger partial charge in [0, 0.05) is 11.4 Å². The number of rotatable bonds is 6. The van der Waals surface area contributed by atoms with Gasteiger partial charge in [-0.15, -0.1) is 0 Å². The van der Waals surface area contributed by atoms with E-state index in [1.54, 1.807) is 47.6 Å². The fourth-order valence-corrected chi connectivity index (χ4v) is 3.30. The first-order valence-electron chi connectivity index (χ1n) is 11.9. The van der Waals surface area contributed by atoms with Crippen LogP contribution >= 0.6 is 11.6 Å². The standard InChI is InChI=1S/C27H32ClN3O8/c1-26(2,3)38-24(35)30-23(29)31(25(36)39-27(4,5)6)18-11-7-17(8-12-18)22(34)37-19-13-9-16(20(28)15-19)10-14-21(32)33/h7-9,11-13,15H,10,14H2,1-6H3,(H,32,33)(H2,29,30,35). The minimum Gasteiger partial charge on any atom is -0.481 e. The summed E-state index contributed by atoms with van der Waals surface area (Å²) in [4.78, 5) is 49.4. The average molecular weight is 562 g/mol. The molecular weight excluding hydrogens is 530 g/mol. The number of esters is 1. The van der Waals surface area contributed by atoms with E-state index >= 15 is 0 Å². The van der Waals surface area contributed by atoms with Gasteiger partial charge in [0.05, 0.1) is 11.3 Å². The average Bonchev–Trinajstić information content (AvgIpc) is 2.76. The molecule has 2 rings (SSSR count). The van der Waals surface area contributed by atoms with E-state index in [9.17, 15) is 19.2 Å². The van der Waals surface area contributed by atoms with Gasteiger partial charge in [-0.1, -0.05) is 17.7 Å². The predicted octanol–water partition coefficient (Wildman–Crippen LogP) is 5.78. The second-order valence-electron chi connectivity index (χ2n) is 10.4. The molecule has 0 fully saturated rings. The number of amides is 2. The molecule has 0 aliphatic heterocycles. The van der Waals surface area contributed by atoms with Crippen molar-refractivity contribution >= 4 is 47.4 Å². The normalized spacial score (nSPS) is 11.3. The highest BCUT2D eigenvalue weighted by Crippen LogP contribution is 2.25. The molecule has 3 N–H and O–H groups in total. The Morgan fingerprint density at radius 1 is 0.949 bits per heavy atom. The molecule has 11 nitrogen and oxygen atoms in total. The maximum absolute atomic E-state index is 12.9. The Balaban J connectivity index is 2.22. The number of guanidine groups is 1. The van der Waals surface area contributed by atoms with Crippen LogP contribution in [0.15, 0.2) is 42.5 Å². The van der Waals surface area contributed by atoms with Crippen molar-refractivity contribution in [2.75, 3.05) is 4.90 Å². The van der Waals surface area contributed by atoms with E-state index in [1.807, 2.05) is 0 Å². The highest BCUT2D eigenvalue weighted by Gasteiger charge is 2.29. The van der Waals surface area contributed by atoms with Crippen LogP contribution in [0, 0.1) is 5.41 Å². The topological polar surface area (TPSA) is 155 Å². The number of carbonyl (C=O) groups is 4. The molecule has 0 saturated heterocycles. The number of alkyl carbamates (subject to hydrolysis) is 1. The number of nitrogens with zero attached hydrogens (tertiary/aromatic N) is 1. The molecule has 0 bridgehead atoms. The van der Waals surface area contributed by atoms with Gasteiger partial charge in [0.1, 0.15) is 17.0 Å². The molecule has 39 heavy (non-hydrogen) atoms. The van der Waals surface area contributed by atoms with Gasteiger partial charge in [-0.25, -0.2) is 19.3 Å². The minimum absolute atomic E-state index is 0.0870. The molecule has 0 heterocycles. The third kappa shape index (κ3) is 10.3. The number of aliphatic carboxylic acids is 1. The van der Waals surface area contributed by atoms with Crippen molar-refractivity contribution in [1.82, 2.24) is 5.32 Å². The summed E-state index contributed by atoms with van der Waals surface area (Å²) in [6.07, 6.45) is -1.73. The summed E-state index contributed by atoms with van der Waals surface area (Å²) in [5.41, 5.74) is -0.858. The summed E-state index contributed by atoms with van der Waals surface area (Å²) >= 11 is 6.18. The Bertz CT molecular complexity index is 1250. The Kier molecular flexibility index (Phi) is 10.1. The zero-order chi connectivity index (χ0) is 29.5. The smallest absolute Gasteiger partial charge is 0.421 e. The Labute approximate surface area is 231 Å².